The van der Waals surface area contributed by atoms with Gasteiger partial charge in [-0.15, -0.1) is 0 Å². The van der Waals surface area contributed by atoms with E-state index < -0.39 is 0 Å². The Balaban J connectivity index is 2.03. The van der Waals surface area contributed by atoms with Gasteiger partial charge in [-0.3, -0.25) is 0 Å². The van der Waals surface area contributed by atoms with Gasteiger partial charge in [-0.2, -0.15) is 0 Å². The topological polar surface area (TPSA) is 38.7 Å². The molecule has 0 aliphatic heterocycles. The Bertz CT molecular complexity index is 141. The van der Waals surface area contributed by atoms with E-state index >= 15 is 0 Å². The second-order valence-corrected chi connectivity index (χ2v) is 4.20. The van der Waals surface area contributed by atoms with E-state index in [-0.39, 0.29) is 12.2 Å². The minimum absolute atomic E-state index is 0.0842. The maximum absolute atomic E-state index is 8.50. The summed E-state index contributed by atoms with van der Waals surface area (Å²) >= 11 is 0. The summed E-state index contributed by atoms with van der Waals surface area (Å²) in [5.41, 5.74) is 0.0842. The molecule has 0 unspecified atom stereocenters. The summed E-state index contributed by atoms with van der Waals surface area (Å²) in [5.74, 6) is 0. The van der Waals surface area contributed by atoms with Crippen LogP contribution in [0.2, 0.25) is 0 Å². The van der Waals surface area contributed by atoms with Crippen LogP contribution < -0.4 is 0 Å². The molecule has 0 heterocycles. The summed E-state index contributed by atoms with van der Waals surface area (Å²) in [6.45, 7) is 3.95. The van der Waals surface area contributed by atoms with Gasteiger partial charge in [0.2, 0.25) is 0 Å². The number of hydrogen-bond donors (Lipinski definition) is 1. The first-order chi connectivity index (χ1) is 6.77. The van der Waals surface area contributed by atoms with Gasteiger partial charge in [0.1, 0.15) is 0 Å². The van der Waals surface area contributed by atoms with Crippen molar-refractivity contribution in [2.45, 2.75) is 44.6 Å². The van der Waals surface area contributed by atoms with Crippen molar-refractivity contribution < 1.29 is 14.6 Å². The average Bonchev–Trinajstić information content (AvgIpc) is 2.18. The molecule has 0 aromatic carbocycles. The molecule has 0 saturated heterocycles. The fourth-order valence-electron chi connectivity index (χ4n) is 1.96. The van der Waals surface area contributed by atoms with Crippen molar-refractivity contribution in [3.8, 4) is 0 Å². The molecule has 1 fully saturated rings. The van der Waals surface area contributed by atoms with E-state index in [0.29, 0.717) is 19.8 Å². The predicted molar refractivity (Wildman–Crippen MR) is 55.3 cm³/mol. The first-order valence-electron chi connectivity index (χ1n) is 5.59. The monoisotopic (exact) mass is 202 g/mol. The van der Waals surface area contributed by atoms with E-state index in [1.807, 2.05) is 0 Å². The minimum atomic E-state index is 0.0842. The van der Waals surface area contributed by atoms with E-state index in [2.05, 4.69) is 6.92 Å². The lowest BCUT2D eigenvalue weighted by molar-refractivity contribution is -0.0777. The number of hydrogen-bond acceptors (Lipinski definition) is 3. The third-order valence-electron chi connectivity index (χ3n) is 2.83. The molecule has 84 valence electrons. The van der Waals surface area contributed by atoms with Crippen LogP contribution in [0.5, 0.6) is 0 Å². The summed E-state index contributed by atoms with van der Waals surface area (Å²) in [5, 5.41) is 8.50. The Labute approximate surface area is 86.4 Å². The smallest absolute Gasteiger partial charge is 0.0707 e. The number of aliphatic hydroxyl groups excluding tert-OH is 1. The molecule has 1 aliphatic carbocycles. The van der Waals surface area contributed by atoms with Crippen LogP contribution in [0, 0.1) is 0 Å². The standard InChI is InChI=1S/C11H22O3/c1-11(5-3-2-4-6-11)14-10-9-13-8-7-12/h12H,2-10H2,1H3. The Morgan fingerprint density at radius 1 is 1.07 bits per heavy atom. The second kappa shape index (κ2) is 6.38. The van der Waals surface area contributed by atoms with Crippen LogP contribution in [0.1, 0.15) is 39.0 Å². The highest BCUT2D eigenvalue weighted by Gasteiger charge is 2.26. The zero-order valence-corrected chi connectivity index (χ0v) is 9.13. The molecule has 1 N–H and O–H groups in total. The zero-order valence-electron chi connectivity index (χ0n) is 9.13. The summed E-state index contributed by atoms with van der Waals surface area (Å²) in [6.07, 6.45) is 6.27. The molecule has 0 amide bonds. The van der Waals surface area contributed by atoms with Crippen molar-refractivity contribution >= 4 is 0 Å². The van der Waals surface area contributed by atoms with Crippen LogP contribution in [0.4, 0.5) is 0 Å². The minimum Gasteiger partial charge on any atom is -0.394 e. The van der Waals surface area contributed by atoms with Crippen LogP contribution in [0.3, 0.4) is 0 Å². The number of rotatable bonds is 6. The van der Waals surface area contributed by atoms with E-state index in [4.69, 9.17) is 14.6 Å². The van der Waals surface area contributed by atoms with Gasteiger partial charge in [-0.25, -0.2) is 0 Å². The largest absolute Gasteiger partial charge is 0.394 e. The van der Waals surface area contributed by atoms with Gasteiger partial charge in [-0.1, -0.05) is 19.3 Å². The van der Waals surface area contributed by atoms with Crippen LogP contribution in [0.25, 0.3) is 0 Å². The van der Waals surface area contributed by atoms with Crippen molar-refractivity contribution in [3.05, 3.63) is 0 Å². The van der Waals surface area contributed by atoms with E-state index in [1.165, 1.54) is 32.1 Å². The molecular formula is C11H22O3. The molecule has 0 radical (unpaired) electrons. The van der Waals surface area contributed by atoms with Gasteiger partial charge in [0, 0.05) is 0 Å². The Hall–Kier alpha value is -0.120. The van der Waals surface area contributed by atoms with E-state index in [0.717, 1.165) is 0 Å². The Morgan fingerprint density at radius 3 is 2.43 bits per heavy atom. The van der Waals surface area contributed by atoms with Crippen molar-refractivity contribution in [1.82, 2.24) is 0 Å². The van der Waals surface area contributed by atoms with Crippen LogP contribution in [0.15, 0.2) is 0 Å². The lowest BCUT2D eigenvalue weighted by Crippen LogP contribution is -2.32. The van der Waals surface area contributed by atoms with Crippen LogP contribution >= 0.6 is 0 Å². The molecule has 14 heavy (non-hydrogen) atoms. The maximum atomic E-state index is 8.50. The number of ether oxygens (including phenoxy) is 2. The van der Waals surface area contributed by atoms with Crippen molar-refractivity contribution in [1.29, 1.82) is 0 Å². The summed E-state index contributed by atoms with van der Waals surface area (Å²) in [7, 11) is 0. The summed E-state index contributed by atoms with van der Waals surface area (Å²) in [6, 6.07) is 0. The fourth-order valence-corrected chi connectivity index (χ4v) is 1.96. The van der Waals surface area contributed by atoms with Crippen LogP contribution in [-0.2, 0) is 9.47 Å². The third-order valence-corrected chi connectivity index (χ3v) is 2.83. The van der Waals surface area contributed by atoms with Gasteiger partial charge in [0.25, 0.3) is 0 Å². The molecule has 3 heteroatoms. The van der Waals surface area contributed by atoms with Crippen molar-refractivity contribution in [2.24, 2.45) is 0 Å². The average molecular weight is 202 g/mol. The van der Waals surface area contributed by atoms with Gasteiger partial charge in [0.05, 0.1) is 32.0 Å². The molecule has 0 atom stereocenters. The Morgan fingerprint density at radius 2 is 1.79 bits per heavy atom. The molecule has 1 rings (SSSR count). The second-order valence-electron chi connectivity index (χ2n) is 4.20. The van der Waals surface area contributed by atoms with E-state index in [1.54, 1.807) is 0 Å². The highest BCUT2D eigenvalue weighted by Crippen LogP contribution is 2.30. The van der Waals surface area contributed by atoms with Gasteiger partial charge >= 0.3 is 0 Å². The van der Waals surface area contributed by atoms with Gasteiger partial charge in [-0.05, 0) is 19.8 Å². The lowest BCUT2D eigenvalue weighted by atomic mass is 9.86. The lowest BCUT2D eigenvalue weighted by Gasteiger charge is -2.33. The molecule has 0 bridgehead atoms. The molecule has 3 nitrogen and oxygen atoms in total. The normalized spacial score (nSPS) is 21.0. The number of aliphatic hydroxyl groups is 1. The Kier molecular flexibility index (Phi) is 5.45. The summed E-state index contributed by atoms with van der Waals surface area (Å²) < 4.78 is 11.0. The highest BCUT2D eigenvalue weighted by molar-refractivity contribution is 4.79. The molecule has 0 aromatic heterocycles. The first-order valence-corrected chi connectivity index (χ1v) is 5.59. The van der Waals surface area contributed by atoms with Crippen LogP contribution in [-0.4, -0.2) is 37.1 Å². The maximum Gasteiger partial charge on any atom is 0.0707 e. The zero-order chi connectivity index (χ0) is 10.3. The molecule has 1 saturated carbocycles. The summed E-state index contributed by atoms with van der Waals surface area (Å²) in [4.78, 5) is 0. The quantitative estimate of drug-likeness (QED) is 0.667. The SMILES string of the molecule is CC1(OCCOCCO)CCCCC1. The molecular weight excluding hydrogens is 180 g/mol. The van der Waals surface area contributed by atoms with Crippen molar-refractivity contribution in [3.63, 3.8) is 0 Å². The van der Waals surface area contributed by atoms with Crippen molar-refractivity contribution in [2.75, 3.05) is 26.4 Å². The molecule has 1 aliphatic rings. The van der Waals surface area contributed by atoms with Gasteiger partial charge < -0.3 is 14.6 Å². The molecule has 0 aromatic rings. The molecule has 0 spiro atoms. The van der Waals surface area contributed by atoms with Gasteiger partial charge in [0.15, 0.2) is 0 Å². The predicted octanol–water partition coefficient (Wildman–Crippen LogP) is 1.73. The highest BCUT2D eigenvalue weighted by atomic mass is 16.5. The first kappa shape index (κ1) is 12.0. The van der Waals surface area contributed by atoms with E-state index in [9.17, 15) is 0 Å². The fraction of sp³-hybridized carbons (Fsp3) is 1.00. The third kappa shape index (κ3) is 4.40.